The van der Waals surface area contributed by atoms with Gasteiger partial charge in [-0.25, -0.2) is 8.78 Å². The van der Waals surface area contributed by atoms with Crippen molar-refractivity contribution in [2.24, 2.45) is 0 Å². The standard InChI is InChI=1S/C8H16F2N2/c1-7(2)12-4-3-11-5-8(9,10)6-12/h7,11H,3-6H2,1-2H3. The summed E-state index contributed by atoms with van der Waals surface area (Å²) in [6, 6.07) is 0.204. The van der Waals surface area contributed by atoms with Gasteiger partial charge < -0.3 is 5.32 Å². The summed E-state index contributed by atoms with van der Waals surface area (Å²) >= 11 is 0. The van der Waals surface area contributed by atoms with Gasteiger partial charge in [0, 0.05) is 19.1 Å². The fourth-order valence-corrected chi connectivity index (χ4v) is 1.37. The molecule has 1 aliphatic rings. The second-order valence-corrected chi connectivity index (χ2v) is 3.60. The third kappa shape index (κ3) is 2.68. The van der Waals surface area contributed by atoms with Gasteiger partial charge in [0.25, 0.3) is 5.92 Å². The summed E-state index contributed by atoms with van der Waals surface area (Å²) < 4.78 is 25.9. The van der Waals surface area contributed by atoms with Gasteiger partial charge in [-0.3, -0.25) is 4.90 Å². The van der Waals surface area contributed by atoms with Crippen molar-refractivity contribution in [3.63, 3.8) is 0 Å². The van der Waals surface area contributed by atoms with E-state index in [1.165, 1.54) is 0 Å². The molecule has 0 aromatic heterocycles. The maximum Gasteiger partial charge on any atom is 0.272 e. The lowest BCUT2D eigenvalue weighted by atomic mass is 10.2. The third-order valence-corrected chi connectivity index (χ3v) is 2.12. The molecule has 1 aliphatic heterocycles. The number of hydrogen-bond acceptors (Lipinski definition) is 2. The van der Waals surface area contributed by atoms with E-state index >= 15 is 0 Å². The van der Waals surface area contributed by atoms with Crippen LogP contribution in [-0.4, -0.2) is 43.0 Å². The SMILES string of the molecule is CC(C)N1CCNCC(F)(F)C1. The van der Waals surface area contributed by atoms with Crippen LogP contribution in [0.1, 0.15) is 13.8 Å². The molecule has 0 aliphatic carbocycles. The first-order chi connectivity index (χ1) is 5.51. The molecular formula is C8H16F2N2. The summed E-state index contributed by atoms with van der Waals surface area (Å²) in [6.07, 6.45) is 0. The normalized spacial score (nSPS) is 25.8. The molecule has 0 radical (unpaired) electrons. The summed E-state index contributed by atoms with van der Waals surface area (Å²) in [4.78, 5) is 1.81. The van der Waals surface area contributed by atoms with E-state index in [0.29, 0.717) is 13.1 Å². The Hall–Kier alpha value is -0.220. The van der Waals surface area contributed by atoms with Crippen LogP contribution in [0.2, 0.25) is 0 Å². The summed E-state index contributed by atoms with van der Waals surface area (Å²) in [5.41, 5.74) is 0. The van der Waals surface area contributed by atoms with Crippen LogP contribution in [0.15, 0.2) is 0 Å². The minimum Gasteiger partial charge on any atom is -0.310 e. The summed E-state index contributed by atoms with van der Waals surface area (Å²) in [5, 5.41) is 2.73. The molecule has 1 rings (SSSR count). The Bertz CT molecular complexity index is 148. The molecule has 0 aromatic rings. The molecule has 72 valence electrons. The molecule has 1 N–H and O–H groups in total. The molecule has 0 spiro atoms. The summed E-state index contributed by atoms with van der Waals surface area (Å²) in [5.74, 6) is -2.57. The van der Waals surface area contributed by atoms with Gasteiger partial charge in [-0.1, -0.05) is 0 Å². The van der Waals surface area contributed by atoms with Gasteiger partial charge in [0.15, 0.2) is 0 Å². The highest BCUT2D eigenvalue weighted by Crippen LogP contribution is 2.17. The Morgan fingerprint density at radius 2 is 2.08 bits per heavy atom. The molecule has 0 unspecified atom stereocenters. The molecule has 1 heterocycles. The van der Waals surface area contributed by atoms with E-state index in [1.807, 2.05) is 13.8 Å². The predicted molar refractivity (Wildman–Crippen MR) is 44.5 cm³/mol. The number of nitrogens with zero attached hydrogens (tertiary/aromatic N) is 1. The first kappa shape index (κ1) is 9.86. The van der Waals surface area contributed by atoms with Gasteiger partial charge in [-0.2, -0.15) is 0 Å². The number of nitrogens with one attached hydrogen (secondary N) is 1. The lowest BCUT2D eigenvalue weighted by Crippen LogP contribution is -2.41. The van der Waals surface area contributed by atoms with Crippen molar-refractivity contribution in [2.75, 3.05) is 26.2 Å². The molecule has 12 heavy (non-hydrogen) atoms. The average Bonchev–Trinajstić information content (AvgIpc) is 2.10. The number of halogens is 2. The lowest BCUT2D eigenvalue weighted by molar-refractivity contribution is -0.0246. The van der Waals surface area contributed by atoms with Crippen LogP contribution in [0.3, 0.4) is 0 Å². The van der Waals surface area contributed by atoms with Gasteiger partial charge in [-0.05, 0) is 13.8 Å². The fourth-order valence-electron chi connectivity index (χ4n) is 1.37. The van der Waals surface area contributed by atoms with Gasteiger partial charge >= 0.3 is 0 Å². The average molecular weight is 178 g/mol. The second kappa shape index (κ2) is 3.66. The van der Waals surface area contributed by atoms with E-state index in [0.717, 1.165) is 0 Å². The topological polar surface area (TPSA) is 15.3 Å². The van der Waals surface area contributed by atoms with Gasteiger partial charge in [-0.15, -0.1) is 0 Å². The number of alkyl halides is 2. The zero-order valence-electron chi connectivity index (χ0n) is 7.61. The minimum atomic E-state index is -2.57. The predicted octanol–water partition coefficient (Wildman–Crippen LogP) is 0.935. The molecule has 0 saturated carbocycles. The molecular weight excluding hydrogens is 162 g/mol. The monoisotopic (exact) mass is 178 g/mol. The van der Waals surface area contributed by atoms with Crippen molar-refractivity contribution in [1.82, 2.24) is 10.2 Å². The highest BCUT2D eigenvalue weighted by atomic mass is 19.3. The minimum absolute atomic E-state index is 0.113. The van der Waals surface area contributed by atoms with Crippen LogP contribution in [-0.2, 0) is 0 Å². The second-order valence-electron chi connectivity index (χ2n) is 3.60. The van der Waals surface area contributed by atoms with Crippen molar-refractivity contribution in [3.8, 4) is 0 Å². The van der Waals surface area contributed by atoms with Crippen molar-refractivity contribution in [2.45, 2.75) is 25.8 Å². The summed E-state index contributed by atoms with van der Waals surface area (Å²) in [6.45, 7) is 4.97. The number of rotatable bonds is 1. The molecule has 2 nitrogen and oxygen atoms in total. The molecule has 1 fully saturated rings. The Balaban J connectivity index is 2.54. The molecule has 4 heteroatoms. The van der Waals surface area contributed by atoms with Crippen molar-refractivity contribution < 1.29 is 8.78 Å². The van der Waals surface area contributed by atoms with Crippen molar-refractivity contribution >= 4 is 0 Å². The quantitative estimate of drug-likeness (QED) is 0.642. The Labute approximate surface area is 71.9 Å². The molecule has 0 atom stereocenters. The van der Waals surface area contributed by atoms with E-state index in [4.69, 9.17) is 0 Å². The molecule has 0 amide bonds. The maximum absolute atomic E-state index is 13.0. The summed E-state index contributed by atoms with van der Waals surface area (Å²) in [7, 11) is 0. The zero-order chi connectivity index (χ0) is 9.19. The maximum atomic E-state index is 13.0. The Morgan fingerprint density at radius 1 is 1.42 bits per heavy atom. The van der Waals surface area contributed by atoms with Crippen LogP contribution in [0.4, 0.5) is 8.78 Å². The largest absolute Gasteiger partial charge is 0.310 e. The highest BCUT2D eigenvalue weighted by Gasteiger charge is 2.33. The Morgan fingerprint density at radius 3 is 2.67 bits per heavy atom. The number of hydrogen-bond donors (Lipinski definition) is 1. The van der Waals surface area contributed by atoms with E-state index in [-0.39, 0.29) is 19.1 Å². The van der Waals surface area contributed by atoms with Crippen molar-refractivity contribution in [3.05, 3.63) is 0 Å². The fraction of sp³-hybridized carbons (Fsp3) is 1.00. The van der Waals surface area contributed by atoms with Crippen molar-refractivity contribution in [1.29, 1.82) is 0 Å². The van der Waals surface area contributed by atoms with Gasteiger partial charge in [0.05, 0.1) is 13.1 Å². The smallest absolute Gasteiger partial charge is 0.272 e. The Kier molecular flexibility index (Phi) is 3.01. The van der Waals surface area contributed by atoms with Crippen LogP contribution in [0.25, 0.3) is 0 Å². The van der Waals surface area contributed by atoms with E-state index in [1.54, 1.807) is 4.90 Å². The van der Waals surface area contributed by atoms with Crippen LogP contribution < -0.4 is 5.32 Å². The zero-order valence-corrected chi connectivity index (χ0v) is 7.61. The first-order valence-electron chi connectivity index (χ1n) is 4.34. The molecule has 0 aromatic carbocycles. The van der Waals surface area contributed by atoms with Gasteiger partial charge in [0.2, 0.25) is 0 Å². The highest BCUT2D eigenvalue weighted by molar-refractivity contribution is 4.80. The van der Waals surface area contributed by atoms with E-state index in [2.05, 4.69) is 5.32 Å². The van der Waals surface area contributed by atoms with Crippen LogP contribution in [0.5, 0.6) is 0 Å². The van der Waals surface area contributed by atoms with E-state index in [9.17, 15) is 8.78 Å². The third-order valence-electron chi connectivity index (χ3n) is 2.12. The lowest BCUT2D eigenvalue weighted by Gasteiger charge is -2.26. The van der Waals surface area contributed by atoms with Crippen LogP contribution in [0, 0.1) is 0 Å². The van der Waals surface area contributed by atoms with Crippen LogP contribution >= 0.6 is 0 Å². The van der Waals surface area contributed by atoms with Gasteiger partial charge in [0.1, 0.15) is 0 Å². The molecule has 0 bridgehead atoms. The first-order valence-corrected chi connectivity index (χ1v) is 4.34. The van der Waals surface area contributed by atoms with E-state index < -0.39 is 5.92 Å². The molecule has 1 saturated heterocycles.